The lowest BCUT2D eigenvalue weighted by Gasteiger charge is -2.29. The van der Waals surface area contributed by atoms with Crippen LogP contribution in [0.1, 0.15) is 60.3 Å². The Hall–Kier alpha value is -0.570. The summed E-state index contributed by atoms with van der Waals surface area (Å²) < 4.78 is 0. The number of amides is 1. The zero-order valence-electron chi connectivity index (χ0n) is 12.7. The molecule has 3 nitrogen and oxygen atoms in total. The van der Waals surface area contributed by atoms with E-state index >= 15 is 0 Å². The highest BCUT2D eigenvalue weighted by atomic mass is 16.1. The molecule has 0 aromatic carbocycles. The lowest BCUT2D eigenvalue weighted by molar-refractivity contribution is -0.126. The maximum absolute atomic E-state index is 12.1. The van der Waals surface area contributed by atoms with Crippen LogP contribution in [0.15, 0.2) is 0 Å². The third-order valence-corrected chi connectivity index (χ3v) is 3.71. The first kappa shape index (κ1) is 15.5. The van der Waals surface area contributed by atoms with E-state index in [2.05, 4.69) is 45.3 Å². The molecule has 0 saturated carbocycles. The molecule has 1 aliphatic rings. The molecule has 1 amide bonds. The molecule has 1 aliphatic heterocycles. The third kappa shape index (κ3) is 5.85. The SMILES string of the molecule is CC(CCC(C)(C)C)NC(=O)[C@H]1CCN[C@@H](C)C1. The van der Waals surface area contributed by atoms with Gasteiger partial charge in [0, 0.05) is 18.0 Å². The highest BCUT2D eigenvalue weighted by molar-refractivity contribution is 5.79. The fourth-order valence-corrected chi connectivity index (χ4v) is 2.45. The maximum Gasteiger partial charge on any atom is 0.223 e. The Morgan fingerprint density at radius 1 is 1.44 bits per heavy atom. The third-order valence-electron chi connectivity index (χ3n) is 3.71. The van der Waals surface area contributed by atoms with E-state index in [0.717, 1.165) is 32.2 Å². The number of rotatable bonds is 4. The minimum atomic E-state index is 0.207. The lowest BCUT2D eigenvalue weighted by atomic mass is 9.88. The first-order valence-corrected chi connectivity index (χ1v) is 7.31. The van der Waals surface area contributed by atoms with Crippen molar-refractivity contribution in [2.45, 2.75) is 72.4 Å². The van der Waals surface area contributed by atoms with E-state index < -0.39 is 0 Å². The topological polar surface area (TPSA) is 41.1 Å². The molecule has 1 fully saturated rings. The Bertz CT molecular complexity index is 270. The quantitative estimate of drug-likeness (QED) is 0.810. The average molecular weight is 254 g/mol. The molecular formula is C15H30N2O. The molecular weight excluding hydrogens is 224 g/mol. The molecule has 1 saturated heterocycles. The van der Waals surface area contributed by atoms with E-state index in [9.17, 15) is 4.79 Å². The molecule has 0 aromatic heterocycles. The first-order valence-electron chi connectivity index (χ1n) is 7.31. The Kier molecular flexibility index (Phi) is 5.64. The largest absolute Gasteiger partial charge is 0.353 e. The standard InChI is InChI=1S/C15H30N2O/c1-11(6-8-15(3,4)5)17-14(18)13-7-9-16-12(2)10-13/h11-13,16H,6-10H2,1-5H3,(H,17,18)/t11?,12-,13-/m0/s1. The van der Waals surface area contributed by atoms with Crippen molar-refractivity contribution < 1.29 is 4.79 Å². The normalized spacial score (nSPS) is 26.7. The van der Waals surface area contributed by atoms with E-state index in [1.54, 1.807) is 0 Å². The molecule has 1 unspecified atom stereocenters. The molecule has 1 rings (SSSR count). The van der Waals surface area contributed by atoms with Crippen molar-refractivity contribution in [3.8, 4) is 0 Å². The summed E-state index contributed by atoms with van der Waals surface area (Å²) in [5.74, 6) is 0.461. The van der Waals surface area contributed by atoms with Gasteiger partial charge < -0.3 is 10.6 Å². The van der Waals surface area contributed by atoms with Crippen LogP contribution in [-0.4, -0.2) is 24.5 Å². The van der Waals surface area contributed by atoms with E-state index in [-0.39, 0.29) is 11.8 Å². The number of nitrogens with one attached hydrogen (secondary N) is 2. The van der Waals surface area contributed by atoms with Gasteiger partial charge in [0.25, 0.3) is 0 Å². The zero-order valence-corrected chi connectivity index (χ0v) is 12.7. The Morgan fingerprint density at radius 3 is 2.67 bits per heavy atom. The Morgan fingerprint density at radius 2 is 2.11 bits per heavy atom. The van der Waals surface area contributed by atoms with Gasteiger partial charge in [0.15, 0.2) is 0 Å². The number of hydrogen-bond acceptors (Lipinski definition) is 2. The maximum atomic E-state index is 12.1. The van der Waals surface area contributed by atoms with Gasteiger partial charge in [0.1, 0.15) is 0 Å². The zero-order chi connectivity index (χ0) is 13.8. The van der Waals surface area contributed by atoms with E-state index in [4.69, 9.17) is 0 Å². The molecule has 1 heterocycles. The van der Waals surface area contributed by atoms with Crippen LogP contribution in [0.5, 0.6) is 0 Å². The molecule has 0 aliphatic carbocycles. The van der Waals surface area contributed by atoms with Crippen LogP contribution >= 0.6 is 0 Å². The van der Waals surface area contributed by atoms with Gasteiger partial charge in [-0.25, -0.2) is 0 Å². The highest BCUT2D eigenvalue weighted by Gasteiger charge is 2.25. The van der Waals surface area contributed by atoms with E-state index in [1.807, 2.05) is 0 Å². The minimum absolute atomic E-state index is 0.207. The van der Waals surface area contributed by atoms with Gasteiger partial charge in [-0.1, -0.05) is 20.8 Å². The summed E-state index contributed by atoms with van der Waals surface area (Å²) in [6.07, 6.45) is 4.16. The number of piperidine rings is 1. The van der Waals surface area contributed by atoms with Crippen LogP contribution < -0.4 is 10.6 Å². The summed E-state index contributed by atoms with van der Waals surface area (Å²) in [4.78, 5) is 12.1. The van der Waals surface area contributed by atoms with Crippen molar-refractivity contribution in [3.63, 3.8) is 0 Å². The highest BCUT2D eigenvalue weighted by Crippen LogP contribution is 2.22. The van der Waals surface area contributed by atoms with Crippen molar-refractivity contribution in [1.29, 1.82) is 0 Å². The van der Waals surface area contributed by atoms with Crippen LogP contribution in [0.25, 0.3) is 0 Å². The summed E-state index contributed by atoms with van der Waals surface area (Å²) in [5.41, 5.74) is 0.349. The van der Waals surface area contributed by atoms with Crippen molar-refractivity contribution in [1.82, 2.24) is 10.6 Å². The predicted octanol–water partition coefficient (Wildman–Crippen LogP) is 2.71. The summed E-state index contributed by atoms with van der Waals surface area (Å²) in [6.45, 7) is 12.0. The van der Waals surface area contributed by atoms with Gasteiger partial charge in [0.05, 0.1) is 0 Å². The molecule has 3 atom stereocenters. The molecule has 0 bridgehead atoms. The fraction of sp³-hybridized carbons (Fsp3) is 0.933. The summed E-state index contributed by atoms with van der Waals surface area (Å²) in [5, 5.41) is 6.56. The number of carbonyl (C=O) groups excluding carboxylic acids is 1. The van der Waals surface area contributed by atoms with Crippen molar-refractivity contribution in [2.24, 2.45) is 11.3 Å². The molecule has 0 aromatic rings. The van der Waals surface area contributed by atoms with Gasteiger partial charge in [-0.3, -0.25) is 4.79 Å². The molecule has 18 heavy (non-hydrogen) atoms. The van der Waals surface area contributed by atoms with E-state index in [1.165, 1.54) is 0 Å². The minimum Gasteiger partial charge on any atom is -0.353 e. The lowest BCUT2D eigenvalue weighted by Crippen LogP contribution is -2.44. The van der Waals surface area contributed by atoms with E-state index in [0.29, 0.717) is 17.5 Å². The van der Waals surface area contributed by atoms with Crippen LogP contribution in [0, 0.1) is 11.3 Å². The first-order chi connectivity index (χ1) is 8.28. The average Bonchev–Trinajstić information content (AvgIpc) is 2.25. The molecule has 106 valence electrons. The van der Waals surface area contributed by atoms with Gasteiger partial charge >= 0.3 is 0 Å². The second kappa shape index (κ2) is 6.55. The van der Waals surface area contributed by atoms with Gasteiger partial charge in [0.2, 0.25) is 5.91 Å². The Balaban J connectivity index is 2.30. The number of carbonyl (C=O) groups is 1. The Labute approximate surface area is 112 Å². The van der Waals surface area contributed by atoms with Crippen LogP contribution in [0.3, 0.4) is 0 Å². The van der Waals surface area contributed by atoms with Crippen LogP contribution in [0.4, 0.5) is 0 Å². The number of hydrogen-bond donors (Lipinski definition) is 2. The molecule has 3 heteroatoms. The molecule has 0 spiro atoms. The van der Waals surface area contributed by atoms with Gasteiger partial charge in [-0.05, 0) is 51.5 Å². The summed E-state index contributed by atoms with van der Waals surface area (Å²) in [6, 6.07) is 0.765. The summed E-state index contributed by atoms with van der Waals surface area (Å²) in [7, 11) is 0. The molecule has 0 radical (unpaired) electrons. The van der Waals surface area contributed by atoms with Crippen molar-refractivity contribution in [3.05, 3.63) is 0 Å². The van der Waals surface area contributed by atoms with Crippen molar-refractivity contribution >= 4 is 5.91 Å². The summed E-state index contributed by atoms with van der Waals surface area (Å²) >= 11 is 0. The monoisotopic (exact) mass is 254 g/mol. The van der Waals surface area contributed by atoms with Crippen LogP contribution in [-0.2, 0) is 4.79 Å². The molecule has 2 N–H and O–H groups in total. The van der Waals surface area contributed by atoms with Crippen LogP contribution in [0.2, 0.25) is 0 Å². The fourth-order valence-electron chi connectivity index (χ4n) is 2.45. The van der Waals surface area contributed by atoms with Gasteiger partial charge in [-0.15, -0.1) is 0 Å². The smallest absolute Gasteiger partial charge is 0.223 e. The van der Waals surface area contributed by atoms with Crippen molar-refractivity contribution in [2.75, 3.05) is 6.54 Å². The second-order valence-electron chi connectivity index (χ2n) is 7.09. The van der Waals surface area contributed by atoms with Gasteiger partial charge in [-0.2, -0.15) is 0 Å². The second-order valence-corrected chi connectivity index (χ2v) is 7.09. The predicted molar refractivity (Wildman–Crippen MR) is 76.5 cm³/mol.